The van der Waals surface area contributed by atoms with Crippen LogP contribution in [-0.4, -0.2) is 23.6 Å². The molecule has 0 bridgehead atoms. The van der Waals surface area contributed by atoms with Gasteiger partial charge in [0.15, 0.2) is 0 Å². The van der Waals surface area contributed by atoms with Gasteiger partial charge in [0, 0.05) is 33.0 Å². The van der Waals surface area contributed by atoms with Crippen molar-refractivity contribution in [3.8, 4) is 11.1 Å². The molecule has 2 N–H and O–H groups in total. The van der Waals surface area contributed by atoms with Crippen LogP contribution in [0.1, 0.15) is 116 Å². The number of allylic oxidation sites excluding steroid dienone is 2. The quantitative estimate of drug-likeness (QED) is 0.0700. The van der Waals surface area contributed by atoms with Gasteiger partial charge in [-0.3, -0.25) is 29.8 Å². The van der Waals surface area contributed by atoms with E-state index in [1.54, 1.807) is 0 Å². The molecule has 0 fully saturated rings. The topological polar surface area (TPSA) is 92.3 Å². The Bertz CT molecular complexity index is 2530. The largest absolute Gasteiger partial charge is 0.288 e. The first-order valence-corrected chi connectivity index (χ1v) is 17.7. The molecule has 2 aliphatic rings. The van der Waals surface area contributed by atoms with Gasteiger partial charge in [-0.05, 0) is 93.9 Å². The summed E-state index contributed by atoms with van der Waals surface area (Å²) < 4.78 is 0. The first-order chi connectivity index (χ1) is 24.2. The maximum Gasteiger partial charge on any atom is 0.259 e. The van der Waals surface area contributed by atoms with Crippen LogP contribution in [0.3, 0.4) is 0 Å². The van der Waals surface area contributed by atoms with E-state index in [2.05, 4.69) is 67.0 Å². The van der Waals surface area contributed by atoms with E-state index < -0.39 is 23.6 Å². The fraction of sp³-hybridized carbons (Fsp3) is 0.227. The van der Waals surface area contributed by atoms with Gasteiger partial charge in [0.05, 0.1) is 5.56 Å². The van der Waals surface area contributed by atoms with Crippen LogP contribution in [-0.2, 0) is 0 Å². The Morgan fingerprint density at radius 2 is 1.10 bits per heavy atom. The molecular formula is C44H38N2O4. The van der Waals surface area contributed by atoms with E-state index in [0.717, 1.165) is 104 Å². The van der Waals surface area contributed by atoms with E-state index in [9.17, 15) is 19.2 Å². The molecule has 50 heavy (non-hydrogen) atoms. The van der Waals surface area contributed by atoms with Gasteiger partial charge >= 0.3 is 0 Å². The molecule has 4 amide bonds. The number of hydrogen-bond donors (Lipinski definition) is 2. The van der Waals surface area contributed by atoms with Crippen molar-refractivity contribution in [2.75, 3.05) is 0 Å². The van der Waals surface area contributed by atoms with E-state index in [4.69, 9.17) is 0 Å². The molecule has 0 radical (unpaired) electrons. The van der Waals surface area contributed by atoms with E-state index in [0.29, 0.717) is 33.0 Å². The molecule has 0 aliphatic carbocycles. The van der Waals surface area contributed by atoms with Crippen molar-refractivity contribution < 1.29 is 19.2 Å². The summed E-state index contributed by atoms with van der Waals surface area (Å²) in [6.07, 6.45) is 14.4. The Hall–Kier alpha value is -5.62. The van der Waals surface area contributed by atoms with Crippen molar-refractivity contribution in [2.45, 2.75) is 66.2 Å². The Kier molecular flexibility index (Phi) is 7.63. The van der Waals surface area contributed by atoms with Crippen LogP contribution in [0, 0.1) is 13.8 Å². The lowest BCUT2D eigenvalue weighted by Crippen LogP contribution is -2.35. The highest BCUT2D eigenvalue weighted by Crippen LogP contribution is 2.51. The third-order valence-electron chi connectivity index (χ3n) is 10.3. The minimum atomic E-state index is -0.421. The molecule has 248 valence electrons. The van der Waals surface area contributed by atoms with Crippen molar-refractivity contribution in [1.29, 1.82) is 0 Å². The molecule has 6 aromatic carbocycles. The number of carbonyl (C=O) groups excluding carboxylic acids is 4. The van der Waals surface area contributed by atoms with Crippen molar-refractivity contribution in [3.05, 3.63) is 105 Å². The summed E-state index contributed by atoms with van der Waals surface area (Å²) in [6, 6.07) is 15.8. The molecule has 0 saturated carbocycles. The van der Waals surface area contributed by atoms with Crippen LogP contribution < -0.4 is 10.6 Å². The monoisotopic (exact) mass is 658 g/mol. The predicted molar refractivity (Wildman–Crippen MR) is 203 cm³/mol. The number of imide groups is 2. The smallest absolute Gasteiger partial charge is 0.259 e. The third-order valence-corrected chi connectivity index (χ3v) is 10.3. The summed E-state index contributed by atoms with van der Waals surface area (Å²) in [7, 11) is 0. The fourth-order valence-corrected chi connectivity index (χ4v) is 8.24. The minimum absolute atomic E-state index is 0.414. The summed E-state index contributed by atoms with van der Waals surface area (Å²) >= 11 is 0. The fourth-order valence-electron chi connectivity index (χ4n) is 8.24. The highest BCUT2D eigenvalue weighted by atomic mass is 16.2. The summed E-state index contributed by atoms with van der Waals surface area (Å²) in [5.41, 5.74) is 7.41. The number of hydrogen-bond acceptors (Lipinski definition) is 4. The molecule has 0 unspecified atom stereocenters. The Morgan fingerprint density at radius 3 is 1.76 bits per heavy atom. The Morgan fingerprint density at radius 1 is 0.540 bits per heavy atom. The van der Waals surface area contributed by atoms with Crippen LogP contribution in [0.15, 0.2) is 60.7 Å². The van der Waals surface area contributed by atoms with Crippen LogP contribution in [0.2, 0.25) is 0 Å². The van der Waals surface area contributed by atoms with Crippen molar-refractivity contribution >= 4 is 78.9 Å². The molecule has 2 aliphatic heterocycles. The highest BCUT2D eigenvalue weighted by Gasteiger charge is 2.35. The van der Waals surface area contributed by atoms with Crippen LogP contribution >= 0.6 is 0 Å². The maximum atomic E-state index is 14.2. The van der Waals surface area contributed by atoms with Crippen molar-refractivity contribution in [3.63, 3.8) is 0 Å². The predicted octanol–water partition coefficient (Wildman–Crippen LogP) is 10.2. The molecule has 6 nitrogen and oxygen atoms in total. The average molecular weight is 659 g/mol. The molecular weight excluding hydrogens is 620 g/mol. The number of nitrogens with one attached hydrogen (secondary N) is 2. The minimum Gasteiger partial charge on any atom is -0.288 e. The lowest BCUT2D eigenvalue weighted by atomic mass is 9.76. The molecule has 6 aromatic rings. The Labute approximate surface area is 290 Å². The maximum absolute atomic E-state index is 14.2. The molecule has 2 heterocycles. The molecule has 0 aromatic heterocycles. The van der Waals surface area contributed by atoms with Gasteiger partial charge in [0.1, 0.15) is 0 Å². The molecule has 0 saturated heterocycles. The number of fused-ring (bicyclic) bond motifs is 2. The molecule has 0 atom stereocenters. The number of aryl methyl sites for hydroxylation is 2. The second-order valence-corrected chi connectivity index (χ2v) is 13.8. The summed E-state index contributed by atoms with van der Waals surface area (Å²) in [4.78, 5) is 54.6. The highest BCUT2D eigenvalue weighted by molar-refractivity contribution is 6.44. The summed E-state index contributed by atoms with van der Waals surface area (Å²) in [5, 5.41) is 11.7. The van der Waals surface area contributed by atoms with E-state index in [1.165, 1.54) is 0 Å². The van der Waals surface area contributed by atoms with Crippen LogP contribution in [0.4, 0.5) is 0 Å². The van der Waals surface area contributed by atoms with E-state index in [1.807, 2.05) is 44.2 Å². The zero-order valence-corrected chi connectivity index (χ0v) is 28.8. The second-order valence-electron chi connectivity index (χ2n) is 13.8. The summed E-state index contributed by atoms with van der Waals surface area (Å²) in [5.74, 6) is -1.67. The standard InChI is InChI=1S/C44H38N2O4/c1-5-7-9-11-13-25-22-32-36-30(41(47)45-43(32)49)17-16-29-35-27(14-12-10-8-6-2)34(26-20-23(3)19-24(4)21-26)40-39-31(42(48)46-44(40)50)18-15-28(38(35)39)33(25)37(29)36/h11-22H,5-10H2,1-4H3,(H,45,47,49)(H,46,48,50). The average Bonchev–Trinajstić information content (AvgIpc) is 3.08. The second kappa shape index (κ2) is 12.1. The first kappa shape index (κ1) is 31.6. The van der Waals surface area contributed by atoms with Gasteiger partial charge in [0.25, 0.3) is 23.6 Å². The number of amides is 4. The zero-order chi connectivity index (χ0) is 34.8. The van der Waals surface area contributed by atoms with Gasteiger partial charge < -0.3 is 0 Å². The van der Waals surface area contributed by atoms with Crippen LogP contribution in [0.5, 0.6) is 0 Å². The van der Waals surface area contributed by atoms with Crippen molar-refractivity contribution in [2.24, 2.45) is 0 Å². The van der Waals surface area contributed by atoms with Gasteiger partial charge in [-0.2, -0.15) is 0 Å². The number of benzene rings is 6. The van der Waals surface area contributed by atoms with Gasteiger partial charge in [-0.1, -0.05) is 105 Å². The zero-order valence-electron chi connectivity index (χ0n) is 28.8. The van der Waals surface area contributed by atoms with Crippen LogP contribution in [0.25, 0.3) is 66.4 Å². The lowest BCUT2D eigenvalue weighted by molar-refractivity contribution is 0.0828. The normalized spacial score (nSPS) is 14.4. The summed E-state index contributed by atoms with van der Waals surface area (Å²) in [6.45, 7) is 8.42. The van der Waals surface area contributed by atoms with Crippen molar-refractivity contribution in [1.82, 2.24) is 10.6 Å². The van der Waals surface area contributed by atoms with Gasteiger partial charge in [-0.15, -0.1) is 0 Å². The number of rotatable bonds is 9. The van der Waals surface area contributed by atoms with E-state index >= 15 is 0 Å². The third kappa shape index (κ3) is 4.69. The van der Waals surface area contributed by atoms with Gasteiger partial charge in [-0.25, -0.2) is 0 Å². The SMILES string of the molecule is CCCCC=Cc1cc2c3c(ccc4c5c(C=CCCCC)c(-c6cc(C)cc(C)c6)c6c7c(ccc(c1c34)c75)C(=O)NC6=O)C(=O)NC2=O. The molecule has 6 heteroatoms. The molecule has 8 rings (SSSR count). The number of carbonyl (C=O) groups is 4. The lowest BCUT2D eigenvalue weighted by Gasteiger charge is -2.28. The molecule has 0 spiro atoms. The first-order valence-electron chi connectivity index (χ1n) is 17.7. The van der Waals surface area contributed by atoms with E-state index in [-0.39, 0.29) is 0 Å². The van der Waals surface area contributed by atoms with Gasteiger partial charge in [0.2, 0.25) is 0 Å². The number of unbranched alkanes of at least 4 members (excludes halogenated alkanes) is 4. The Balaban J connectivity index is 1.67.